The third-order valence-electron chi connectivity index (χ3n) is 4.61. The van der Waals surface area contributed by atoms with Gasteiger partial charge >= 0.3 is 0 Å². The fraction of sp³-hybridized carbons (Fsp3) is 0.421. The number of carbonyl (C=O) groups is 1. The van der Waals surface area contributed by atoms with Crippen molar-refractivity contribution in [2.75, 3.05) is 26.2 Å². The van der Waals surface area contributed by atoms with Crippen LogP contribution in [0.3, 0.4) is 0 Å². The minimum absolute atomic E-state index is 0.168. The highest BCUT2D eigenvalue weighted by Crippen LogP contribution is 2.19. The number of hydrogen-bond donors (Lipinski definition) is 1. The Bertz CT molecular complexity index is 667. The van der Waals surface area contributed by atoms with Crippen molar-refractivity contribution >= 4 is 5.91 Å². The number of rotatable bonds is 3. The molecule has 0 unspecified atom stereocenters. The molecule has 2 aromatic rings. The minimum Gasteiger partial charge on any atom is -0.344 e. The van der Waals surface area contributed by atoms with Crippen LogP contribution in [0.25, 0.3) is 0 Å². The number of amides is 1. The molecule has 0 saturated carbocycles. The third kappa shape index (κ3) is 3.48. The van der Waals surface area contributed by atoms with Crippen molar-refractivity contribution in [3.05, 3.63) is 58.9 Å². The number of carbonyl (C=O) groups excluding carboxylic acids is 1. The van der Waals surface area contributed by atoms with E-state index in [1.807, 2.05) is 17.0 Å². The summed E-state index contributed by atoms with van der Waals surface area (Å²) in [6, 6.07) is 12.4. The first-order chi connectivity index (χ1) is 11.2. The Morgan fingerprint density at radius 1 is 1.13 bits per heavy atom. The lowest BCUT2D eigenvalue weighted by Crippen LogP contribution is -2.34. The van der Waals surface area contributed by atoms with Crippen LogP contribution in [0.2, 0.25) is 0 Å². The fourth-order valence-corrected chi connectivity index (χ4v) is 3.25. The van der Waals surface area contributed by atoms with E-state index in [0.29, 0.717) is 0 Å². The second-order valence-corrected chi connectivity index (χ2v) is 6.25. The molecule has 1 saturated heterocycles. The second kappa shape index (κ2) is 7.01. The predicted molar refractivity (Wildman–Crippen MR) is 92.8 cm³/mol. The van der Waals surface area contributed by atoms with Crippen LogP contribution >= 0.6 is 0 Å². The van der Waals surface area contributed by atoms with Crippen LogP contribution in [0.4, 0.5) is 0 Å². The molecule has 0 radical (unpaired) electrons. The van der Waals surface area contributed by atoms with Crippen molar-refractivity contribution in [2.45, 2.75) is 26.8 Å². The molecule has 1 amide bonds. The van der Waals surface area contributed by atoms with E-state index in [9.17, 15) is 4.79 Å². The van der Waals surface area contributed by atoms with Crippen molar-refractivity contribution in [3.63, 3.8) is 0 Å². The first kappa shape index (κ1) is 15.8. The smallest absolute Gasteiger partial charge is 0.255 e. The van der Waals surface area contributed by atoms with E-state index in [4.69, 9.17) is 0 Å². The summed E-state index contributed by atoms with van der Waals surface area (Å²) in [7, 11) is 0. The fourth-order valence-electron chi connectivity index (χ4n) is 3.25. The highest BCUT2D eigenvalue weighted by molar-refractivity contribution is 5.95. The first-order valence-corrected chi connectivity index (χ1v) is 8.37. The molecule has 1 aliphatic heterocycles. The number of aromatic nitrogens is 1. The van der Waals surface area contributed by atoms with Gasteiger partial charge in [-0.05, 0) is 38.4 Å². The van der Waals surface area contributed by atoms with Gasteiger partial charge in [0, 0.05) is 37.6 Å². The van der Waals surface area contributed by atoms with E-state index >= 15 is 0 Å². The minimum atomic E-state index is 0.168. The second-order valence-electron chi connectivity index (χ2n) is 6.25. The van der Waals surface area contributed by atoms with Gasteiger partial charge in [-0.3, -0.25) is 4.79 Å². The normalized spacial score (nSPS) is 15.5. The van der Waals surface area contributed by atoms with Crippen molar-refractivity contribution in [1.82, 2.24) is 14.8 Å². The highest BCUT2D eigenvalue weighted by Gasteiger charge is 2.22. The van der Waals surface area contributed by atoms with Crippen molar-refractivity contribution < 1.29 is 4.79 Å². The molecular weight excluding hydrogens is 286 g/mol. The molecule has 0 aliphatic carbocycles. The van der Waals surface area contributed by atoms with Crippen molar-refractivity contribution in [2.24, 2.45) is 0 Å². The van der Waals surface area contributed by atoms with E-state index in [1.165, 1.54) is 5.56 Å². The molecule has 1 aromatic heterocycles. The number of nitrogens with zero attached hydrogens (tertiary/aromatic N) is 2. The predicted octanol–water partition coefficient (Wildman–Crippen LogP) is 2.59. The van der Waals surface area contributed by atoms with Crippen LogP contribution < -0.4 is 5.32 Å². The SMILES string of the molecule is Cc1cc(C(=O)N2CCCNCC2)c(C)n1Cc1ccccc1. The molecule has 1 fully saturated rings. The molecule has 0 atom stereocenters. The molecule has 1 aliphatic rings. The summed E-state index contributed by atoms with van der Waals surface area (Å²) in [4.78, 5) is 14.9. The Labute approximate surface area is 138 Å². The van der Waals surface area contributed by atoms with Gasteiger partial charge in [0.1, 0.15) is 0 Å². The Hall–Kier alpha value is -2.07. The molecule has 4 heteroatoms. The number of benzene rings is 1. The molecule has 23 heavy (non-hydrogen) atoms. The maximum Gasteiger partial charge on any atom is 0.255 e. The molecular formula is C19H25N3O. The van der Waals surface area contributed by atoms with Gasteiger partial charge in [-0.1, -0.05) is 30.3 Å². The van der Waals surface area contributed by atoms with Gasteiger partial charge in [-0.2, -0.15) is 0 Å². The van der Waals surface area contributed by atoms with E-state index in [0.717, 1.165) is 56.1 Å². The molecule has 4 nitrogen and oxygen atoms in total. The van der Waals surface area contributed by atoms with E-state index in [-0.39, 0.29) is 5.91 Å². The van der Waals surface area contributed by atoms with Crippen LogP contribution in [-0.2, 0) is 6.54 Å². The quantitative estimate of drug-likeness (QED) is 0.946. The van der Waals surface area contributed by atoms with Gasteiger partial charge in [0.2, 0.25) is 0 Å². The van der Waals surface area contributed by atoms with Crippen molar-refractivity contribution in [3.8, 4) is 0 Å². The molecule has 0 spiro atoms. The summed E-state index contributed by atoms with van der Waals surface area (Å²) in [5.41, 5.74) is 4.31. The van der Waals surface area contributed by atoms with Gasteiger partial charge < -0.3 is 14.8 Å². The van der Waals surface area contributed by atoms with Crippen LogP contribution in [0.15, 0.2) is 36.4 Å². The zero-order valence-corrected chi connectivity index (χ0v) is 14.0. The summed E-state index contributed by atoms with van der Waals surface area (Å²) in [6.45, 7) is 8.46. The zero-order valence-electron chi connectivity index (χ0n) is 14.0. The van der Waals surface area contributed by atoms with E-state index < -0.39 is 0 Å². The van der Waals surface area contributed by atoms with Crippen LogP contribution in [0, 0.1) is 13.8 Å². The number of nitrogens with one attached hydrogen (secondary N) is 1. The summed E-state index contributed by atoms with van der Waals surface area (Å²) >= 11 is 0. The number of hydrogen-bond acceptors (Lipinski definition) is 2. The first-order valence-electron chi connectivity index (χ1n) is 8.37. The molecule has 1 N–H and O–H groups in total. The lowest BCUT2D eigenvalue weighted by atomic mass is 10.2. The summed E-state index contributed by atoms with van der Waals surface area (Å²) in [6.07, 6.45) is 1.02. The van der Waals surface area contributed by atoms with Crippen molar-refractivity contribution in [1.29, 1.82) is 0 Å². The highest BCUT2D eigenvalue weighted by atomic mass is 16.2. The maximum atomic E-state index is 12.9. The molecule has 122 valence electrons. The van der Waals surface area contributed by atoms with Gasteiger partial charge in [0.15, 0.2) is 0 Å². The molecule has 0 bridgehead atoms. The van der Waals surface area contributed by atoms with Crippen LogP contribution in [0.5, 0.6) is 0 Å². The topological polar surface area (TPSA) is 37.3 Å². The van der Waals surface area contributed by atoms with Crippen LogP contribution in [0.1, 0.15) is 33.7 Å². The summed E-state index contributed by atoms with van der Waals surface area (Å²) in [5, 5.41) is 3.35. The maximum absolute atomic E-state index is 12.9. The average molecular weight is 311 g/mol. The molecule has 2 heterocycles. The van der Waals surface area contributed by atoms with Gasteiger partial charge in [0.25, 0.3) is 5.91 Å². The van der Waals surface area contributed by atoms with E-state index in [1.54, 1.807) is 0 Å². The monoisotopic (exact) mass is 311 g/mol. The van der Waals surface area contributed by atoms with Crippen LogP contribution in [-0.4, -0.2) is 41.6 Å². The summed E-state index contributed by atoms with van der Waals surface area (Å²) in [5.74, 6) is 0.168. The lowest BCUT2D eigenvalue weighted by Gasteiger charge is -2.20. The third-order valence-corrected chi connectivity index (χ3v) is 4.61. The summed E-state index contributed by atoms with van der Waals surface area (Å²) < 4.78 is 2.23. The molecule has 1 aromatic carbocycles. The van der Waals surface area contributed by atoms with Gasteiger partial charge in [-0.15, -0.1) is 0 Å². The Morgan fingerprint density at radius 2 is 1.91 bits per heavy atom. The Kier molecular flexibility index (Phi) is 4.82. The van der Waals surface area contributed by atoms with E-state index in [2.05, 4.69) is 48.0 Å². The standard InChI is InChI=1S/C19H25N3O/c1-15-13-18(19(23)21-11-6-9-20-10-12-21)16(2)22(15)14-17-7-4-3-5-8-17/h3-5,7-8,13,20H,6,9-12,14H2,1-2H3. The Morgan fingerprint density at radius 3 is 2.70 bits per heavy atom. The van der Waals surface area contributed by atoms with Gasteiger partial charge in [-0.25, -0.2) is 0 Å². The number of aryl methyl sites for hydroxylation is 1. The Balaban J connectivity index is 1.83. The largest absolute Gasteiger partial charge is 0.344 e. The zero-order chi connectivity index (χ0) is 16.2. The van der Waals surface area contributed by atoms with Gasteiger partial charge in [0.05, 0.1) is 5.56 Å². The lowest BCUT2D eigenvalue weighted by molar-refractivity contribution is 0.0765. The molecule has 3 rings (SSSR count). The average Bonchev–Trinajstić information content (AvgIpc) is 2.78.